The van der Waals surface area contributed by atoms with Crippen molar-refractivity contribution in [3.8, 4) is 6.07 Å². The van der Waals surface area contributed by atoms with Crippen LogP contribution in [0, 0.1) is 11.3 Å². The number of hydrogen-bond acceptors (Lipinski definition) is 3. The molecule has 0 fully saturated rings. The summed E-state index contributed by atoms with van der Waals surface area (Å²) in [5, 5.41) is 12.3. The van der Waals surface area contributed by atoms with Gasteiger partial charge in [-0.25, -0.2) is 4.79 Å². The molecule has 1 amide bonds. The molecule has 0 radical (unpaired) electrons. The van der Waals surface area contributed by atoms with Crippen LogP contribution in [0.1, 0.15) is 17.2 Å². The summed E-state index contributed by atoms with van der Waals surface area (Å²) < 4.78 is 5.07. The first-order chi connectivity index (χ1) is 10.6. The number of halogens is 2. The van der Waals surface area contributed by atoms with Gasteiger partial charge in [-0.3, -0.25) is 0 Å². The lowest BCUT2D eigenvalue weighted by Gasteiger charge is -2.15. The number of nitrogens with zero attached hydrogens (tertiary/aromatic N) is 1. The van der Waals surface area contributed by atoms with Crippen LogP contribution < -0.4 is 5.32 Å². The molecule has 6 heteroatoms. The first-order valence-corrected chi connectivity index (χ1v) is 7.18. The number of ether oxygens (including phenoxy) is 1. The Labute approximate surface area is 138 Å². The highest BCUT2D eigenvalue weighted by atomic mass is 35.5. The van der Waals surface area contributed by atoms with E-state index in [2.05, 4.69) is 5.32 Å². The first kappa shape index (κ1) is 16.2. The van der Waals surface area contributed by atoms with Crippen molar-refractivity contribution >= 4 is 29.3 Å². The van der Waals surface area contributed by atoms with Gasteiger partial charge in [-0.15, -0.1) is 0 Å². The Bertz CT molecular complexity index is 679. The second-order valence-corrected chi connectivity index (χ2v) is 5.22. The van der Waals surface area contributed by atoms with Crippen molar-refractivity contribution in [3.63, 3.8) is 0 Å². The molecule has 0 bridgehead atoms. The van der Waals surface area contributed by atoms with E-state index >= 15 is 0 Å². The van der Waals surface area contributed by atoms with Crippen LogP contribution in [-0.2, 0) is 11.3 Å². The fraction of sp³-hybridized carbons (Fsp3) is 0.125. The van der Waals surface area contributed by atoms with E-state index in [9.17, 15) is 10.1 Å². The number of hydrogen-bond donors (Lipinski definition) is 1. The smallest absolute Gasteiger partial charge is 0.408 e. The Kier molecular flexibility index (Phi) is 5.65. The predicted octanol–water partition coefficient (Wildman–Crippen LogP) is 4.48. The van der Waals surface area contributed by atoms with Gasteiger partial charge < -0.3 is 10.1 Å². The summed E-state index contributed by atoms with van der Waals surface area (Å²) in [6, 6.07) is 15.1. The van der Waals surface area contributed by atoms with Crippen LogP contribution in [0.25, 0.3) is 0 Å². The van der Waals surface area contributed by atoms with Gasteiger partial charge in [0.2, 0.25) is 0 Å². The molecule has 0 saturated heterocycles. The molecule has 2 aromatic carbocycles. The van der Waals surface area contributed by atoms with Gasteiger partial charge in [0.25, 0.3) is 0 Å². The topological polar surface area (TPSA) is 62.1 Å². The first-order valence-electron chi connectivity index (χ1n) is 6.42. The Hall–Kier alpha value is -2.22. The minimum absolute atomic E-state index is 0.112. The van der Waals surface area contributed by atoms with Crippen LogP contribution in [0.3, 0.4) is 0 Å². The zero-order valence-electron chi connectivity index (χ0n) is 11.4. The molecule has 0 aliphatic rings. The van der Waals surface area contributed by atoms with Crippen LogP contribution in [0.2, 0.25) is 10.0 Å². The SMILES string of the molecule is N#CC(NC(=O)OCc1ccccc1)c1c(Cl)cccc1Cl. The van der Waals surface area contributed by atoms with Crippen molar-refractivity contribution in [2.45, 2.75) is 12.6 Å². The lowest BCUT2D eigenvalue weighted by molar-refractivity contribution is 0.137. The van der Waals surface area contributed by atoms with Crippen LogP contribution in [0.15, 0.2) is 48.5 Å². The molecule has 0 aliphatic carbocycles. The molecule has 4 nitrogen and oxygen atoms in total. The summed E-state index contributed by atoms with van der Waals surface area (Å²) >= 11 is 12.1. The van der Waals surface area contributed by atoms with Crippen molar-refractivity contribution in [1.82, 2.24) is 5.32 Å². The summed E-state index contributed by atoms with van der Waals surface area (Å²) in [6.45, 7) is 0.112. The normalized spacial score (nSPS) is 11.3. The number of nitrogens with one attached hydrogen (secondary N) is 1. The molecule has 1 atom stereocenters. The Morgan fingerprint density at radius 3 is 2.36 bits per heavy atom. The molecule has 0 heterocycles. The van der Waals surface area contributed by atoms with Crippen molar-refractivity contribution < 1.29 is 9.53 Å². The highest BCUT2D eigenvalue weighted by Crippen LogP contribution is 2.30. The van der Waals surface area contributed by atoms with Gasteiger partial charge in [0.15, 0.2) is 0 Å². The van der Waals surface area contributed by atoms with Gasteiger partial charge in [-0.2, -0.15) is 5.26 Å². The van der Waals surface area contributed by atoms with Crippen molar-refractivity contribution in [2.75, 3.05) is 0 Å². The van der Waals surface area contributed by atoms with E-state index in [0.29, 0.717) is 15.6 Å². The number of alkyl carbamates (subject to hydrolysis) is 1. The van der Waals surface area contributed by atoms with Crippen molar-refractivity contribution in [2.24, 2.45) is 0 Å². The molecular weight excluding hydrogens is 323 g/mol. The number of carbonyl (C=O) groups is 1. The average molecular weight is 335 g/mol. The Balaban J connectivity index is 2.01. The lowest BCUT2D eigenvalue weighted by Crippen LogP contribution is -2.28. The maximum atomic E-state index is 11.8. The Morgan fingerprint density at radius 2 is 1.77 bits per heavy atom. The zero-order chi connectivity index (χ0) is 15.9. The zero-order valence-corrected chi connectivity index (χ0v) is 12.9. The number of rotatable bonds is 4. The van der Waals surface area contributed by atoms with Crippen LogP contribution in [0.4, 0.5) is 4.79 Å². The molecule has 0 aromatic heterocycles. The van der Waals surface area contributed by atoms with Crippen molar-refractivity contribution in [1.29, 1.82) is 5.26 Å². The van der Waals surface area contributed by atoms with E-state index in [0.717, 1.165) is 5.56 Å². The molecule has 1 unspecified atom stereocenters. The summed E-state index contributed by atoms with van der Waals surface area (Å²) in [5.74, 6) is 0. The predicted molar refractivity (Wildman–Crippen MR) is 84.6 cm³/mol. The van der Waals surface area contributed by atoms with E-state index in [1.807, 2.05) is 36.4 Å². The standard InChI is InChI=1S/C16H12Cl2N2O2/c17-12-7-4-8-13(18)15(12)14(9-19)20-16(21)22-10-11-5-2-1-3-6-11/h1-8,14H,10H2,(H,20,21). The number of carbonyl (C=O) groups excluding carboxylic acids is 1. The lowest BCUT2D eigenvalue weighted by atomic mass is 10.1. The van der Waals surface area contributed by atoms with Crippen LogP contribution in [0.5, 0.6) is 0 Å². The quantitative estimate of drug-likeness (QED) is 0.896. The van der Waals surface area contributed by atoms with Gasteiger partial charge in [0.05, 0.1) is 6.07 Å². The second-order valence-electron chi connectivity index (χ2n) is 4.40. The fourth-order valence-corrected chi connectivity index (χ4v) is 2.45. The third kappa shape index (κ3) is 4.14. The third-order valence-corrected chi connectivity index (χ3v) is 3.55. The molecule has 0 saturated carbocycles. The molecule has 22 heavy (non-hydrogen) atoms. The van der Waals surface area contributed by atoms with E-state index < -0.39 is 12.1 Å². The minimum Gasteiger partial charge on any atom is -0.445 e. The highest BCUT2D eigenvalue weighted by molar-refractivity contribution is 6.36. The maximum absolute atomic E-state index is 11.8. The molecule has 2 rings (SSSR count). The molecule has 112 valence electrons. The molecular formula is C16H12Cl2N2O2. The van der Waals surface area contributed by atoms with E-state index in [4.69, 9.17) is 27.9 Å². The molecule has 2 aromatic rings. The summed E-state index contributed by atoms with van der Waals surface area (Å²) in [6.07, 6.45) is -0.716. The van der Waals surface area contributed by atoms with Gasteiger partial charge in [-0.05, 0) is 17.7 Å². The Morgan fingerprint density at radius 1 is 1.14 bits per heavy atom. The summed E-state index contributed by atoms with van der Waals surface area (Å²) in [5.41, 5.74) is 1.20. The number of nitriles is 1. The number of benzene rings is 2. The van der Waals surface area contributed by atoms with Gasteiger partial charge in [0.1, 0.15) is 12.6 Å². The average Bonchev–Trinajstić information content (AvgIpc) is 2.52. The minimum atomic E-state index is -0.982. The fourth-order valence-electron chi connectivity index (χ4n) is 1.84. The van der Waals surface area contributed by atoms with Crippen LogP contribution in [-0.4, -0.2) is 6.09 Å². The highest BCUT2D eigenvalue weighted by Gasteiger charge is 2.20. The maximum Gasteiger partial charge on any atom is 0.408 e. The molecule has 1 N–H and O–H groups in total. The van der Waals surface area contributed by atoms with Gasteiger partial charge in [-0.1, -0.05) is 59.6 Å². The number of amides is 1. The largest absolute Gasteiger partial charge is 0.445 e. The van der Waals surface area contributed by atoms with E-state index in [1.165, 1.54) is 0 Å². The summed E-state index contributed by atoms with van der Waals surface area (Å²) in [7, 11) is 0. The molecule has 0 spiro atoms. The molecule has 0 aliphatic heterocycles. The summed E-state index contributed by atoms with van der Waals surface area (Å²) in [4.78, 5) is 11.8. The van der Waals surface area contributed by atoms with Gasteiger partial charge in [0, 0.05) is 15.6 Å². The third-order valence-electron chi connectivity index (χ3n) is 2.89. The van der Waals surface area contributed by atoms with Crippen LogP contribution >= 0.6 is 23.2 Å². The van der Waals surface area contributed by atoms with E-state index in [-0.39, 0.29) is 6.61 Å². The monoisotopic (exact) mass is 334 g/mol. The second kappa shape index (κ2) is 7.69. The van der Waals surface area contributed by atoms with Crippen molar-refractivity contribution in [3.05, 3.63) is 69.7 Å². The van der Waals surface area contributed by atoms with E-state index in [1.54, 1.807) is 18.2 Å². The van der Waals surface area contributed by atoms with Gasteiger partial charge >= 0.3 is 6.09 Å².